The van der Waals surface area contributed by atoms with Gasteiger partial charge in [0, 0.05) is 9.53 Å². The SMILES string of the molecule is [2H]C([2H])([2H])[C@@]([2H])(O)[C@@]1(O)CC[C@H]2[C@@H]3CC=C4C[C@@H](O)CC[C@]4(C)[C@H]3CC[C@@]21C. The molecular formula is C21H34O3. The van der Waals surface area contributed by atoms with Crippen molar-refractivity contribution in [1.82, 2.24) is 0 Å². The third-order valence-electron chi connectivity index (χ3n) is 8.62. The Hall–Kier alpha value is -0.380. The summed E-state index contributed by atoms with van der Waals surface area (Å²) in [5.74, 6) is 0.869. The first-order valence-electron chi connectivity index (χ1n) is 11.6. The minimum atomic E-state index is -2.96. The van der Waals surface area contributed by atoms with Crippen molar-refractivity contribution in [1.29, 1.82) is 0 Å². The van der Waals surface area contributed by atoms with E-state index < -0.39 is 23.9 Å². The van der Waals surface area contributed by atoms with E-state index in [9.17, 15) is 15.3 Å². The lowest BCUT2D eigenvalue weighted by atomic mass is 9.46. The monoisotopic (exact) mass is 338 g/mol. The first kappa shape index (κ1) is 12.9. The van der Waals surface area contributed by atoms with Gasteiger partial charge in [0.05, 0.1) is 19.2 Å². The standard InChI is InChI=1S/C21H34O3/c1-13(22)21(24)11-8-18-16-5-4-14-12-15(23)6-9-19(14,2)17(16)7-10-20(18,21)3/h4,13,15-18,22-24H,5-12H2,1-3H3/t13-,15+,16-,17+,18+,19+,20+,21+/m1/s1/i1D3,13D. The Balaban J connectivity index is 1.70. The molecule has 3 heteroatoms. The van der Waals surface area contributed by atoms with Gasteiger partial charge in [0.25, 0.3) is 0 Å². The van der Waals surface area contributed by atoms with Crippen molar-refractivity contribution in [2.75, 3.05) is 0 Å². The largest absolute Gasteiger partial charge is 0.393 e. The fraction of sp³-hybridized carbons (Fsp3) is 0.905. The van der Waals surface area contributed by atoms with Crippen molar-refractivity contribution in [3.8, 4) is 0 Å². The first-order valence-corrected chi connectivity index (χ1v) is 9.60. The second-order valence-electron chi connectivity index (χ2n) is 9.36. The fourth-order valence-corrected chi connectivity index (χ4v) is 7.05. The van der Waals surface area contributed by atoms with Gasteiger partial charge in [-0.05, 0) is 81.4 Å². The van der Waals surface area contributed by atoms with Gasteiger partial charge < -0.3 is 15.3 Å². The lowest BCUT2D eigenvalue weighted by molar-refractivity contribution is -0.170. The van der Waals surface area contributed by atoms with E-state index in [0.29, 0.717) is 24.7 Å². The molecule has 0 amide bonds. The maximum absolute atomic E-state index is 11.5. The zero-order chi connectivity index (χ0) is 20.8. The van der Waals surface area contributed by atoms with Crippen LogP contribution in [0.3, 0.4) is 0 Å². The molecule has 0 aromatic carbocycles. The molecule has 4 aliphatic carbocycles. The van der Waals surface area contributed by atoms with E-state index in [-0.39, 0.29) is 23.9 Å². The molecular weight excluding hydrogens is 300 g/mol. The van der Waals surface area contributed by atoms with E-state index in [2.05, 4.69) is 13.0 Å². The molecule has 3 N–H and O–H groups in total. The lowest BCUT2D eigenvalue weighted by Gasteiger charge is -2.59. The Morgan fingerprint density at radius 2 is 1.96 bits per heavy atom. The zero-order valence-corrected chi connectivity index (χ0v) is 14.9. The lowest BCUT2D eigenvalue weighted by Crippen LogP contribution is -2.58. The molecule has 3 saturated carbocycles. The fourth-order valence-electron chi connectivity index (χ4n) is 7.05. The van der Waals surface area contributed by atoms with Crippen molar-refractivity contribution >= 4 is 0 Å². The number of fused-ring (bicyclic) bond motifs is 5. The number of hydrogen-bond acceptors (Lipinski definition) is 3. The Labute approximate surface area is 151 Å². The molecule has 0 radical (unpaired) electrons. The van der Waals surface area contributed by atoms with E-state index in [4.69, 9.17) is 5.48 Å². The number of aliphatic hydroxyl groups is 3. The van der Waals surface area contributed by atoms with Crippen LogP contribution >= 0.6 is 0 Å². The zero-order valence-electron chi connectivity index (χ0n) is 18.9. The molecule has 0 aliphatic heterocycles. The van der Waals surface area contributed by atoms with Crippen LogP contribution < -0.4 is 0 Å². The third-order valence-corrected chi connectivity index (χ3v) is 8.62. The van der Waals surface area contributed by atoms with Crippen LogP contribution in [0.4, 0.5) is 0 Å². The van der Waals surface area contributed by atoms with Gasteiger partial charge in [-0.2, -0.15) is 0 Å². The maximum atomic E-state index is 11.5. The normalized spacial score (nSPS) is 59.5. The highest BCUT2D eigenvalue weighted by atomic mass is 16.3. The van der Waals surface area contributed by atoms with Gasteiger partial charge in [0.15, 0.2) is 0 Å². The average Bonchev–Trinajstić information content (AvgIpc) is 2.87. The molecule has 0 unspecified atom stereocenters. The third kappa shape index (κ3) is 2.01. The van der Waals surface area contributed by atoms with E-state index in [1.54, 1.807) is 0 Å². The minimum Gasteiger partial charge on any atom is -0.393 e. The Morgan fingerprint density at radius 1 is 1.21 bits per heavy atom. The van der Waals surface area contributed by atoms with Crippen molar-refractivity contribution in [2.45, 2.75) is 89.9 Å². The Morgan fingerprint density at radius 3 is 2.71 bits per heavy atom. The van der Waals surface area contributed by atoms with E-state index in [1.165, 1.54) is 5.57 Å². The Bertz CT molecular complexity index is 690. The maximum Gasteiger partial charge on any atom is 0.0958 e. The van der Waals surface area contributed by atoms with Crippen LogP contribution in [-0.4, -0.2) is 33.1 Å². The van der Waals surface area contributed by atoms with Crippen molar-refractivity contribution in [3.05, 3.63) is 11.6 Å². The summed E-state index contributed by atoms with van der Waals surface area (Å²) >= 11 is 0. The molecule has 0 saturated heterocycles. The Kier molecular flexibility index (Phi) is 2.85. The van der Waals surface area contributed by atoms with Gasteiger partial charge >= 0.3 is 0 Å². The number of allylic oxidation sites excluding steroid dienone is 1. The minimum absolute atomic E-state index is 0.0610. The van der Waals surface area contributed by atoms with Crippen LogP contribution in [0.15, 0.2) is 11.6 Å². The topological polar surface area (TPSA) is 60.7 Å². The molecule has 0 aromatic rings. The van der Waals surface area contributed by atoms with Crippen LogP contribution in [0.5, 0.6) is 0 Å². The molecule has 3 fully saturated rings. The molecule has 136 valence electrons. The van der Waals surface area contributed by atoms with Gasteiger partial charge in [0.2, 0.25) is 0 Å². The van der Waals surface area contributed by atoms with Gasteiger partial charge in [-0.3, -0.25) is 0 Å². The van der Waals surface area contributed by atoms with E-state index in [1.807, 2.05) is 6.92 Å². The highest BCUT2D eigenvalue weighted by Crippen LogP contribution is 2.67. The van der Waals surface area contributed by atoms with Crippen LogP contribution in [0.1, 0.15) is 77.5 Å². The van der Waals surface area contributed by atoms with Gasteiger partial charge in [0.1, 0.15) is 0 Å². The van der Waals surface area contributed by atoms with Crippen LogP contribution in [0.25, 0.3) is 0 Å². The quantitative estimate of drug-likeness (QED) is 0.642. The molecule has 0 heterocycles. The predicted molar refractivity (Wildman–Crippen MR) is 94.3 cm³/mol. The van der Waals surface area contributed by atoms with Gasteiger partial charge in [-0.15, -0.1) is 0 Å². The summed E-state index contributed by atoms with van der Waals surface area (Å²) in [7, 11) is 0. The second-order valence-corrected chi connectivity index (χ2v) is 9.36. The molecule has 4 rings (SSSR count). The van der Waals surface area contributed by atoms with Crippen LogP contribution in [0.2, 0.25) is 0 Å². The summed E-state index contributed by atoms with van der Waals surface area (Å²) in [5.41, 5.74) is -1.29. The molecule has 0 aromatic heterocycles. The molecule has 0 spiro atoms. The molecule has 24 heavy (non-hydrogen) atoms. The summed E-state index contributed by atoms with van der Waals surface area (Å²) in [4.78, 5) is 0. The van der Waals surface area contributed by atoms with Crippen LogP contribution in [0, 0.1) is 28.6 Å². The average molecular weight is 339 g/mol. The first-order chi connectivity index (χ1) is 12.8. The van der Waals surface area contributed by atoms with Crippen molar-refractivity contribution in [3.63, 3.8) is 0 Å². The van der Waals surface area contributed by atoms with Gasteiger partial charge in [-0.25, -0.2) is 0 Å². The summed E-state index contributed by atoms with van der Waals surface area (Å²) in [6, 6.07) is 0. The highest BCUT2D eigenvalue weighted by Gasteiger charge is 2.64. The smallest absolute Gasteiger partial charge is 0.0958 e. The molecule has 3 nitrogen and oxygen atoms in total. The molecule has 4 aliphatic rings. The number of rotatable bonds is 1. The van der Waals surface area contributed by atoms with Crippen molar-refractivity contribution < 1.29 is 20.8 Å². The van der Waals surface area contributed by atoms with E-state index in [0.717, 1.165) is 32.1 Å². The predicted octanol–water partition coefficient (Wildman–Crippen LogP) is 3.42. The number of aliphatic hydroxyl groups excluding tert-OH is 1. The molecule has 8 atom stereocenters. The summed E-state index contributed by atoms with van der Waals surface area (Å²) in [6.07, 6.45) is 4.85. The number of hydrogen-bond donors (Lipinski definition) is 3. The molecule has 0 bridgehead atoms. The van der Waals surface area contributed by atoms with Crippen molar-refractivity contribution in [2.24, 2.45) is 28.6 Å². The van der Waals surface area contributed by atoms with Gasteiger partial charge in [-0.1, -0.05) is 25.5 Å². The second kappa shape index (κ2) is 5.31. The summed E-state index contributed by atoms with van der Waals surface area (Å²) in [6.45, 7) is 1.26. The van der Waals surface area contributed by atoms with E-state index >= 15 is 0 Å². The summed E-state index contributed by atoms with van der Waals surface area (Å²) in [5, 5.41) is 32.3. The summed E-state index contributed by atoms with van der Waals surface area (Å²) < 4.78 is 31.3. The highest BCUT2D eigenvalue weighted by molar-refractivity contribution is 5.26. The van der Waals surface area contributed by atoms with Crippen LogP contribution in [-0.2, 0) is 0 Å².